The fourth-order valence-corrected chi connectivity index (χ4v) is 5.16. The molecule has 0 radical (unpaired) electrons. The predicted octanol–water partition coefficient (Wildman–Crippen LogP) is 6.28. The Morgan fingerprint density at radius 2 is 1.70 bits per heavy atom. The molecule has 3 N–H and O–H groups in total. The number of nitrogens with one attached hydrogen (secondary N) is 3. The Labute approximate surface area is 226 Å². The summed E-state index contributed by atoms with van der Waals surface area (Å²) in [5.74, 6) is 1.11. The van der Waals surface area contributed by atoms with Gasteiger partial charge in [-0.05, 0) is 104 Å². The first-order valence-corrected chi connectivity index (χ1v) is 13.6. The monoisotopic (exact) mass is 533 g/mol. The van der Waals surface area contributed by atoms with Gasteiger partial charge in [0.1, 0.15) is 28.0 Å². The third-order valence-corrected chi connectivity index (χ3v) is 7.24. The van der Waals surface area contributed by atoms with Gasteiger partial charge in [0.2, 0.25) is 0 Å². The van der Waals surface area contributed by atoms with Crippen LogP contribution in [0.2, 0.25) is 0 Å². The van der Waals surface area contributed by atoms with Gasteiger partial charge in [0.05, 0.1) is 11.2 Å². The highest BCUT2D eigenvalue weighted by atomic mass is 32.1. The lowest BCUT2D eigenvalue weighted by Crippen LogP contribution is -2.52. The number of carbonyl (C=O) groups is 2. The summed E-state index contributed by atoms with van der Waals surface area (Å²) in [5.41, 5.74) is -0.147. The maximum Gasteiger partial charge on any atom is 0.408 e. The van der Waals surface area contributed by atoms with Gasteiger partial charge in [-0.15, -0.1) is 0 Å². The van der Waals surface area contributed by atoms with Crippen molar-refractivity contribution >= 4 is 35.1 Å². The molecule has 2 amide bonds. The molecular formula is C28H43N3O5S. The number of carbonyl (C=O) groups excluding carboxylic acids is 2. The first kappa shape index (κ1) is 29.0. The zero-order valence-electron chi connectivity index (χ0n) is 23.4. The number of alkyl carbamates (subject to hydrolysis) is 2. The third kappa shape index (κ3) is 7.97. The van der Waals surface area contributed by atoms with Crippen molar-refractivity contribution in [3.05, 3.63) is 23.8 Å². The Balaban J connectivity index is 1.84. The highest BCUT2D eigenvalue weighted by molar-refractivity contribution is 7.80. The molecule has 2 aliphatic rings. The lowest BCUT2D eigenvalue weighted by Gasteiger charge is -2.43. The number of thiocarbonyl (C=S) groups is 1. The molecular weight excluding hydrogens is 490 g/mol. The molecule has 0 saturated heterocycles. The minimum atomic E-state index is -0.714. The molecule has 0 bridgehead atoms. The fourth-order valence-electron chi connectivity index (χ4n) is 5.00. The van der Waals surface area contributed by atoms with Crippen molar-refractivity contribution in [3.8, 4) is 5.75 Å². The van der Waals surface area contributed by atoms with E-state index >= 15 is 0 Å². The summed E-state index contributed by atoms with van der Waals surface area (Å²) in [6.45, 7) is 15.6. The summed E-state index contributed by atoms with van der Waals surface area (Å²) in [4.78, 5) is 25.9. The summed E-state index contributed by atoms with van der Waals surface area (Å²) in [6, 6.07) is 5.93. The molecule has 3 rings (SSSR count). The Hall–Kier alpha value is -2.55. The molecule has 1 aromatic rings. The second-order valence-electron chi connectivity index (χ2n) is 12.4. The molecule has 1 aliphatic carbocycles. The fraction of sp³-hybridized carbons (Fsp3) is 0.679. The van der Waals surface area contributed by atoms with Crippen LogP contribution in [-0.4, -0.2) is 41.0 Å². The lowest BCUT2D eigenvalue weighted by molar-refractivity contribution is 0.0371. The number of hydrogen-bond donors (Lipinski definition) is 3. The van der Waals surface area contributed by atoms with Crippen LogP contribution >= 0.6 is 12.2 Å². The molecule has 206 valence electrons. The van der Waals surface area contributed by atoms with Crippen molar-refractivity contribution in [2.45, 2.75) is 104 Å². The van der Waals surface area contributed by atoms with Crippen molar-refractivity contribution in [1.82, 2.24) is 10.6 Å². The third-order valence-electron chi connectivity index (χ3n) is 6.80. The molecule has 1 aliphatic heterocycles. The number of hydrogen-bond acceptors (Lipinski definition) is 6. The van der Waals surface area contributed by atoms with E-state index in [9.17, 15) is 9.59 Å². The summed E-state index contributed by atoms with van der Waals surface area (Å²) < 4.78 is 17.0. The Kier molecular flexibility index (Phi) is 8.67. The van der Waals surface area contributed by atoms with Gasteiger partial charge in [-0.1, -0.05) is 24.7 Å². The first-order chi connectivity index (χ1) is 17.1. The van der Waals surface area contributed by atoms with Crippen LogP contribution in [0.3, 0.4) is 0 Å². The van der Waals surface area contributed by atoms with Crippen LogP contribution in [0.25, 0.3) is 0 Å². The van der Waals surface area contributed by atoms with E-state index in [1.165, 1.54) is 0 Å². The van der Waals surface area contributed by atoms with Crippen LogP contribution in [0.4, 0.5) is 15.3 Å². The molecule has 8 nitrogen and oxygen atoms in total. The highest BCUT2D eigenvalue weighted by Crippen LogP contribution is 2.43. The first-order valence-electron chi connectivity index (χ1n) is 13.2. The van der Waals surface area contributed by atoms with Gasteiger partial charge in [0, 0.05) is 6.54 Å². The van der Waals surface area contributed by atoms with Gasteiger partial charge in [0.25, 0.3) is 0 Å². The maximum absolute atomic E-state index is 13.0. The van der Waals surface area contributed by atoms with E-state index in [1.807, 2.05) is 66.7 Å². The average Bonchev–Trinajstić information content (AvgIpc) is 2.76. The molecule has 0 spiro atoms. The molecule has 37 heavy (non-hydrogen) atoms. The van der Waals surface area contributed by atoms with Gasteiger partial charge in [-0.25, -0.2) is 9.59 Å². The highest BCUT2D eigenvalue weighted by Gasteiger charge is 2.42. The molecule has 1 aromatic carbocycles. The van der Waals surface area contributed by atoms with E-state index in [2.05, 4.69) is 22.9 Å². The number of rotatable bonds is 5. The molecule has 1 heterocycles. The quantitative estimate of drug-likeness (QED) is 0.383. The zero-order chi connectivity index (χ0) is 27.6. The van der Waals surface area contributed by atoms with Crippen molar-refractivity contribution < 1.29 is 23.8 Å². The van der Waals surface area contributed by atoms with Crippen LogP contribution < -0.4 is 20.7 Å². The van der Waals surface area contributed by atoms with Crippen molar-refractivity contribution in [2.75, 3.05) is 11.9 Å². The van der Waals surface area contributed by atoms with Gasteiger partial charge >= 0.3 is 12.2 Å². The minimum Gasteiger partial charge on any atom is -0.481 e. The molecule has 1 fully saturated rings. The van der Waals surface area contributed by atoms with Crippen LogP contribution in [-0.2, 0) is 15.0 Å². The largest absolute Gasteiger partial charge is 0.481 e. The summed E-state index contributed by atoms with van der Waals surface area (Å²) in [7, 11) is 0. The Morgan fingerprint density at radius 1 is 1.05 bits per heavy atom. The van der Waals surface area contributed by atoms with Crippen molar-refractivity contribution in [3.63, 3.8) is 0 Å². The van der Waals surface area contributed by atoms with Crippen LogP contribution in [0, 0.1) is 11.8 Å². The summed E-state index contributed by atoms with van der Waals surface area (Å²) in [6.07, 6.45) is 2.69. The number of benzene rings is 1. The van der Waals surface area contributed by atoms with Crippen molar-refractivity contribution in [2.24, 2.45) is 11.8 Å². The van der Waals surface area contributed by atoms with Gasteiger partial charge in [-0.3, -0.25) is 0 Å². The number of anilines is 1. The van der Waals surface area contributed by atoms with Crippen LogP contribution in [0.15, 0.2) is 18.2 Å². The van der Waals surface area contributed by atoms with E-state index in [0.717, 1.165) is 42.7 Å². The van der Waals surface area contributed by atoms with Crippen molar-refractivity contribution in [1.29, 1.82) is 0 Å². The van der Waals surface area contributed by atoms with Gasteiger partial charge in [-0.2, -0.15) is 0 Å². The summed E-state index contributed by atoms with van der Waals surface area (Å²) in [5, 5.41) is 9.41. The van der Waals surface area contributed by atoms with E-state index in [1.54, 1.807) is 0 Å². The molecule has 1 saturated carbocycles. The van der Waals surface area contributed by atoms with E-state index < -0.39 is 28.9 Å². The Morgan fingerprint density at radius 3 is 2.35 bits per heavy atom. The zero-order valence-corrected chi connectivity index (χ0v) is 24.3. The second kappa shape index (κ2) is 11.1. The summed E-state index contributed by atoms with van der Waals surface area (Å²) >= 11 is 5.42. The average molecular weight is 534 g/mol. The van der Waals surface area contributed by atoms with E-state index in [-0.39, 0.29) is 17.9 Å². The smallest absolute Gasteiger partial charge is 0.408 e. The minimum absolute atomic E-state index is 0.118. The van der Waals surface area contributed by atoms with Crippen LogP contribution in [0.5, 0.6) is 5.75 Å². The van der Waals surface area contributed by atoms with Gasteiger partial charge < -0.3 is 30.2 Å². The molecule has 4 unspecified atom stereocenters. The second-order valence-corrected chi connectivity index (χ2v) is 12.8. The number of amides is 2. The lowest BCUT2D eigenvalue weighted by atomic mass is 9.69. The standard InChI is InChI=1S/C28H43N3O5S/c1-17-23(37)30-21-15-20(12-13-22(21)34-17)28(8,31-25(33)36-27(5,6)7)19-11-9-10-18(14-19)16-29-24(32)35-26(2,3)4/h12-13,15,17-19H,9-11,14,16H2,1-8H3,(H,29,32)(H,30,37)(H,31,33). The molecule has 4 atom stereocenters. The number of ether oxygens (including phenoxy) is 3. The maximum atomic E-state index is 13.0. The van der Waals surface area contributed by atoms with E-state index in [4.69, 9.17) is 26.4 Å². The SMILES string of the molecule is CC1Oc2ccc(C(C)(NC(=O)OC(C)(C)C)C3CCCC(CNC(=O)OC(C)(C)C)C3)cc2NC1=S. The van der Waals surface area contributed by atoms with Gasteiger partial charge in [0.15, 0.2) is 0 Å². The Bertz CT molecular complexity index is 1020. The molecule has 0 aromatic heterocycles. The number of fused-ring (bicyclic) bond motifs is 1. The normalized spacial score (nSPS) is 23.5. The predicted molar refractivity (Wildman–Crippen MR) is 149 cm³/mol. The topological polar surface area (TPSA) is 97.9 Å². The molecule has 9 heteroatoms. The van der Waals surface area contributed by atoms with Crippen LogP contribution in [0.1, 0.15) is 86.6 Å². The van der Waals surface area contributed by atoms with E-state index in [0.29, 0.717) is 11.5 Å².